The van der Waals surface area contributed by atoms with E-state index in [-0.39, 0.29) is 18.9 Å². The Morgan fingerprint density at radius 3 is 2.74 bits per heavy atom. The van der Waals surface area contributed by atoms with Gasteiger partial charge in [-0.15, -0.1) is 0 Å². The Morgan fingerprint density at radius 1 is 1.30 bits per heavy atom. The van der Waals surface area contributed by atoms with Crippen LogP contribution in [0, 0.1) is 0 Å². The number of methoxy groups -OCH3 is 1. The summed E-state index contributed by atoms with van der Waals surface area (Å²) in [6, 6.07) is 7.91. The Hall–Kier alpha value is -1.60. The molecule has 1 unspecified atom stereocenters. The number of amides is 1. The average Bonchev–Trinajstić information content (AvgIpc) is 2.66. The van der Waals surface area contributed by atoms with Crippen molar-refractivity contribution < 1.29 is 17.9 Å². The van der Waals surface area contributed by atoms with Crippen molar-refractivity contribution in [2.45, 2.75) is 51.5 Å². The van der Waals surface area contributed by atoms with Crippen LogP contribution in [0.5, 0.6) is 5.75 Å². The van der Waals surface area contributed by atoms with E-state index in [0.717, 1.165) is 43.5 Å². The van der Waals surface area contributed by atoms with Crippen LogP contribution in [0.25, 0.3) is 0 Å². The highest BCUT2D eigenvalue weighted by atomic mass is 32.2. The van der Waals surface area contributed by atoms with Gasteiger partial charge in [0.05, 0.1) is 13.4 Å². The molecule has 7 heteroatoms. The molecular formula is C20H32N2O4S. The maximum atomic E-state index is 12.6. The van der Waals surface area contributed by atoms with Gasteiger partial charge in [-0.05, 0) is 49.8 Å². The second-order valence-corrected chi connectivity index (χ2v) is 9.14. The van der Waals surface area contributed by atoms with Crippen molar-refractivity contribution in [3.05, 3.63) is 29.8 Å². The Balaban J connectivity index is 1.95. The molecule has 152 valence electrons. The Labute approximate surface area is 163 Å². The van der Waals surface area contributed by atoms with E-state index < -0.39 is 10.0 Å². The van der Waals surface area contributed by atoms with Crippen molar-refractivity contribution in [2.24, 2.45) is 0 Å². The molecule has 2 rings (SSSR count). The monoisotopic (exact) mass is 396 g/mol. The molecule has 1 aliphatic rings. The number of carbonyl (C=O) groups excluding carboxylic acids is 1. The lowest BCUT2D eigenvalue weighted by atomic mass is 9.99. The molecule has 0 aliphatic carbocycles. The molecule has 1 heterocycles. The van der Waals surface area contributed by atoms with Gasteiger partial charge >= 0.3 is 0 Å². The maximum Gasteiger partial charge on any atom is 0.224 e. The first-order valence-electron chi connectivity index (χ1n) is 9.72. The third-order valence-corrected chi connectivity index (χ3v) is 6.55. The fourth-order valence-electron chi connectivity index (χ4n) is 3.64. The lowest BCUT2D eigenvalue weighted by Gasteiger charge is -2.35. The summed E-state index contributed by atoms with van der Waals surface area (Å²) in [6.07, 6.45) is 6.23. The zero-order valence-corrected chi connectivity index (χ0v) is 17.5. The second-order valence-electron chi connectivity index (χ2n) is 7.16. The molecule has 0 aromatic heterocycles. The summed E-state index contributed by atoms with van der Waals surface area (Å²) < 4.78 is 30.9. The van der Waals surface area contributed by atoms with Gasteiger partial charge in [0.1, 0.15) is 5.75 Å². The summed E-state index contributed by atoms with van der Waals surface area (Å²) in [5.41, 5.74) is 1.01. The Morgan fingerprint density at radius 2 is 2.07 bits per heavy atom. The molecule has 0 bridgehead atoms. The summed E-state index contributed by atoms with van der Waals surface area (Å²) in [5, 5.41) is 0. The van der Waals surface area contributed by atoms with Crippen LogP contribution in [0.1, 0.15) is 44.6 Å². The molecule has 0 radical (unpaired) electrons. The normalized spacial score (nSPS) is 17.9. The van der Waals surface area contributed by atoms with Crippen molar-refractivity contribution in [1.29, 1.82) is 0 Å². The predicted octanol–water partition coefficient (Wildman–Crippen LogP) is 2.68. The Bertz CT molecular complexity index is 720. The third-order valence-electron chi connectivity index (χ3n) is 5.25. The molecule has 0 spiro atoms. The molecule has 1 amide bonds. The number of hydrogen-bond donors (Lipinski definition) is 0. The Kier molecular flexibility index (Phi) is 8.10. The van der Waals surface area contributed by atoms with Crippen LogP contribution in [0.3, 0.4) is 0 Å². The number of ether oxygens (including phenoxy) is 1. The number of carbonyl (C=O) groups is 1. The molecular weight excluding hydrogens is 364 g/mol. The molecule has 0 saturated carbocycles. The highest BCUT2D eigenvalue weighted by Crippen LogP contribution is 2.20. The minimum Gasteiger partial charge on any atom is -0.497 e. The van der Waals surface area contributed by atoms with Gasteiger partial charge in [-0.3, -0.25) is 4.79 Å². The molecule has 0 N–H and O–H groups in total. The number of benzene rings is 1. The van der Waals surface area contributed by atoms with Crippen LogP contribution in [-0.4, -0.2) is 62.6 Å². The van der Waals surface area contributed by atoms with Crippen LogP contribution in [-0.2, 0) is 21.2 Å². The maximum absolute atomic E-state index is 12.6. The molecule has 27 heavy (non-hydrogen) atoms. The molecule has 1 aliphatic heterocycles. The summed E-state index contributed by atoms with van der Waals surface area (Å²) >= 11 is 0. The summed E-state index contributed by atoms with van der Waals surface area (Å²) in [5.74, 6) is 0.820. The van der Waals surface area contributed by atoms with E-state index >= 15 is 0 Å². The number of hydrogen-bond acceptors (Lipinski definition) is 4. The molecule has 1 saturated heterocycles. The van der Waals surface area contributed by atoms with Crippen molar-refractivity contribution in [3.63, 3.8) is 0 Å². The highest BCUT2D eigenvalue weighted by molar-refractivity contribution is 7.88. The first kappa shape index (κ1) is 21.7. The van der Waals surface area contributed by atoms with Crippen LogP contribution >= 0.6 is 0 Å². The zero-order chi connectivity index (χ0) is 19.9. The molecule has 1 atom stereocenters. The molecule has 6 nitrogen and oxygen atoms in total. The fraction of sp³-hybridized carbons (Fsp3) is 0.650. The van der Waals surface area contributed by atoms with E-state index in [1.807, 2.05) is 29.2 Å². The number of piperidine rings is 1. The molecule has 1 aromatic carbocycles. The number of nitrogens with zero attached hydrogens (tertiary/aromatic N) is 2. The van der Waals surface area contributed by atoms with Crippen molar-refractivity contribution in [1.82, 2.24) is 9.21 Å². The van der Waals surface area contributed by atoms with E-state index in [4.69, 9.17) is 4.74 Å². The molecule has 1 aromatic rings. The summed E-state index contributed by atoms with van der Waals surface area (Å²) in [4.78, 5) is 14.6. The van der Waals surface area contributed by atoms with Crippen molar-refractivity contribution in [3.8, 4) is 5.75 Å². The number of rotatable bonds is 9. The summed E-state index contributed by atoms with van der Waals surface area (Å²) in [7, 11) is -1.76. The van der Waals surface area contributed by atoms with Gasteiger partial charge in [0.2, 0.25) is 15.9 Å². The summed E-state index contributed by atoms with van der Waals surface area (Å²) in [6.45, 7) is 3.48. The second kappa shape index (κ2) is 10.1. The molecule has 1 fully saturated rings. The lowest BCUT2D eigenvalue weighted by Crippen LogP contribution is -2.45. The van der Waals surface area contributed by atoms with Crippen LogP contribution in [0.15, 0.2) is 24.3 Å². The van der Waals surface area contributed by atoms with Gasteiger partial charge in [-0.25, -0.2) is 12.7 Å². The zero-order valence-electron chi connectivity index (χ0n) is 16.7. The van der Waals surface area contributed by atoms with Gasteiger partial charge in [-0.1, -0.05) is 19.1 Å². The van der Waals surface area contributed by atoms with Gasteiger partial charge in [-0.2, -0.15) is 0 Å². The minimum absolute atomic E-state index is 0.0663. The SMILES string of the molecule is CCC1CCCCN1C(=O)CCN(CCc1cccc(OC)c1)S(C)(=O)=O. The van der Waals surface area contributed by atoms with Gasteiger partial charge in [0.15, 0.2) is 0 Å². The fourth-order valence-corrected chi connectivity index (χ4v) is 4.49. The smallest absolute Gasteiger partial charge is 0.224 e. The largest absolute Gasteiger partial charge is 0.497 e. The number of sulfonamides is 1. The lowest BCUT2D eigenvalue weighted by molar-refractivity contribution is -0.135. The van der Waals surface area contributed by atoms with Crippen LogP contribution in [0.2, 0.25) is 0 Å². The standard InChI is InChI=1S/C20H32N2O4S/c1-4-18-9-5-6-13-22(18)20(23)12-15-21(27(3,24)25)14-11-17-8-7-10-19(16-17)26-2/h7-8,10,16,18H,4-6,9,11-15H2,1-3H3. The van der Waals surface area contributed by atoms with Gasteiger partial charge in [0.25, 0.3) is 0 Å². The van der Waals surface area contributed by atoms with E-state index in [2.05, 4.69) is 6.92 Å². The quantitative estimate of drug-likeness (QED) is 0.644. The first-order chi connectivity index (χ1) is 12.8. The van der Waals surface area contributed by atoms with Crippen molar-refractivity contribution >= 4 is 15.9 Å². The van der Waals surface area contributed by atoms with Crippen LogP contribution < -0.4 is 4.74 Å². The highest BCUT2D eigenvalue weighted by Gasteiger charge is 2.26. The third kappa shape index (κ3) is 6.50. The topological polar surface area (TPSA) is 66.9 Å². The number of likely N-dealkylation sites (tertiary alicyclic amines) is 1. The first-order valence-corrected chi connectivity index (χ1v) is 11.6. The van der Waals surface area contributed by atoms with E-state index in [0.29, 0.717) is 19.0 Å². The van der Waals surface area contributed by atoms with Gasteiger partial charge < -0.3 is 9.64 Å². The van der Waals surface area contributed by atoms with E-state index in [1.54, 1.807) is 7.11 Å². The van der Waals surface area contributed by atoms with Crippen LogP contribution in [0.4, 0.5) is 0 Å². The van der Waals surface area contributed by atoms with E-state index in [9.17, 15) is 13.2 Å². The minimum atomic E-state index is -3.36. The predicted molar refractivity (Wildman–Crippen MR) is 107 cm³/mol. The average molecular weight is 397 g/mol. The van der Waals surface area contributed by atoms with Crippen molar-refractivity contribution in [2.75, 3.05) is 33.0 Å². The van der Waals surface area contributed by atoms with Gasteiger partial charge in [0, 0.05) is 32.1 Å². The van der Waals surface area contributed by atoms with E-state index in [1.165, 1.54) is 10.6 Å².